The Labute approximate surface area is 101 Å². The zero-order valence-corrected chi connectivity index (χ0v) is 9.90. The first kappa shape index (κ1) is 11.4. The van der Waals surface area contributed by atoms with Crippen LogP contribution in [-0.2, 0) is 0 Å². The molecule has 0 saturated heterocycles. The molecule has 0 amide bonds. The summed E-state index contributed by atoms with van der Waals surface area (Å²) in [4.78, 5) is 11.3. The summed E-state index contributed by atoms with van der Waals surface area (Å²) < 4.78 is 0. The molecule has 0 aliphatic heterocycles. The van der Waals surface area contributed by atoms with Crippen molar-refractivity contribution in [3.63, 3.8) is 0 Å². The third kappa shape index (κ3) is 2.07. The van der Waals surface area contributed by atoms with Gasteiger partial charge in [-0.2, -0.15) is 0 Å². The topological polar surface area (TPSA) is 37.3 Å². The molecule has 86 valence electrons. The predicted molar refractivity (Wildman–Crippen MR) is 68.3 cm³/mol. The minimum Gasteiger partial charge on any atom is -0.478 e. The molecule has 0 heterocycles. The fraction of sp³-hybridized carbons (Fsp3) is 0.133. The highest BCUT2D eigenvalue weighted by Crippen LogP contribution is 2.29. The largest absolute Gasteiger partial charge is 0.478 e. The van der Waals surface area contributed by atoms with Crippen LogP contribution in [0.5, 0.6) is 0 Å². The summed E-state index contributed by atoms with van der Waals surface area (Å²) in [6, 6.07) is 13.2. The van der Waals surface area contributed by atoms with Gasteiger partial charge in [0, 0.05) is 0 Å². The van der Waals surface area contributed by atoms with Gasteiger partial charge in [0.25, 0.3) is 0 Å². The Morgan fingerprint density at radius 1 is 0.941 bits per heavy atom. The van der Waals surface area contributed by atoms with Crippen molar-refractivity contribution in [2.24, 2.45) is 0 Å². The van der Waals surface area contributed by atoms with Gasteiger partial charge in [-0.1, -0.05) is 36.4 Å². The lowest BCUT2D eigenvalue weighted by Gasteiger charge is -2.12. The van der Waals surface area contributed by atoms with Gasteiger partial charge in [-0.25, -0.2) is 4.79 Å². The van der Waals surface area contributed by atoms with Crippen molar-refractivity contribution in [1.82, 2.24) is 0 Å². The number of aryl methyl sites for hydroxylation is 2. The molecule has 0 atom stereocenters. The Kier molecular flexibility index (Phi) is 2.96. The van der Waals surface area contributed by atoms with Crippen molar-refractivity contribution in [2.75, 3.05) is 0 Å². The molecule has 2 heteroatoms. The number of carboxylic acids is 1. The molecule has 2 nitrogen and oxygen atoms in total. The van der Waals surface area contributed by atoms with Gasteiger partial charge in [0.2, 0.25) is 0 Å². The number of benzene rings is 2. The van der Waals surface area contributed by atoms with Gasteiger partial charge in [0.1, 0.15) is 0 Å². The molecule has 0 spiro atoms. The lowest BCUT2D eigenvalue weighted by atomic mass is 9.92. The number of carbonyl (C=O) groups is 1. The number of rotatable bonds is 2. The fourth-order valence-corrected chi connectivity index (χ4v) is 2.06. The zero-order chi connectivity index (χ0) is 12.4. The standard InChI is InChI=1S/C15H14O2/c1-10-6-3-4-8-12(10)14-11(2)7-5-9-13(14)15(16)17/h3-9H,1-2H3,(H,16,17). The fourth-order valence-electron chi connectivity index (χ4n) is 2.06. The second kappa shape index (κ2) is 4.42. The van der Waals surface area contributed by atoms with E-state index in [0.29, 0.717) is 5.56 Å². The maximum Gasteiger partial charge on any atom is 0.336 e. The van der Waals surface area contributed by atoms with Crippen LogP contribution in [0.3, 0.4) is 0 Å². The van der Waals surface area contributed by atoms with Crippen LogP contribution >= 0.6 is 0 Å². The van der Waals surface area contributed by atoms with E-state index in [0.717, 1.165) is 22.3 Å². The van der Waals surface area contributed by atoms with E-state index in [1.54, 1.807) is 12.1 Å². The third-order valence-corrected chi connectivity index (χ3v) is 2.92. The van der Waals surface area contributed by atoms with Crippen molar-refractivity contribution in [3.05, 3.63) is 59.2 Å². The van der Waals surface area contributed by atoms with Crippen LogP contribution < -0.4 is 0 Å². The maximum absolute atomic E-state index is 11.3. The van der Waals surface area contributed by atoms with Crippen LogP contribution in [0.1, 0.15) is 21.5 Å². The minimum atomic E-state index is -0.882. The quantitative estimate of drug-likeness (QED) is 0.848. The highest BCUT2D eigenvalue weighted by Gasteiger charge is 2.14. The maximum atomic E-state index is 11.3. The second-order valence-corrected chi connectivity index (χ2v) is 4.12. The first-order valence-electron chi connectivity index (χ1n) is 5.50. The number of hydrogen-bond donors (Lipinski definition) is 1. The predicted octanol–water partition coefficient (Wildman–Crippen LogP) is 3.67. The molecule has 0 fully saturated rings. The van der Waals surface area contributed by atoms with Gasteiger partial charge in [0.05, 0.1) is 5.56 Å². The van der Waals surface area contributed by atoms with Crippen molar-refractivity contribution in [3.8, 4) is 11.1 Å². The molecule has 0 radical (unpaired) electrons. The molecular weight excluding hydrogens is 212 g/mol. The molecule has 2 rings (SSSR count). The van der Waals surface area contributed by atoms with Crippen molar-refractivity contribution in [2.45, 2.75) is 13.8 Å². The van der Waals surface area contributed by atoms with E-state index in [4.69, 9.17) is 0 Å². The van der Waals surface area contributed by atoms with Gasteiger partial charge < -0.3 is 5.11 Å². The molecule has 17 heavy (non-hydrogen) atoms. The number of aromatic carboxylic acids is 1. The molecule has 0 aliphatic rings. The van der Waals surface area contributed by atoms with E-state index in [1.807, 2.05) is 44.2 Å². The van der Waals surface area contributed by atoms with E-state index in [9.17, 15) is 9.90 Å². The van der Waals surface area contributed by atoms with Gasteiger partial charge >= 0.3 is 5.97 Å². The Balaban J connectivity index is 2.75. The summed E-state index contributed by atoms with van der Waals surface area (Å²) in [7, 11) is 0. The van der Waals surface area contributed by atoms with Crippen molar-refractivity contribution < 1.29 is 9.90 Å². The van der Waals surface area contributed by atoms with E-state index in [-0.39, 0.29) is 0 Å². The SMILES string of the molecule is Cc1ccccc1-c1c(C)cccc1C(=O)O. The molecule has 0 saturated carbocycles. The van der Waals surface area contributed by atoms with E-state index >= 15 is 0 Å². The van der Waals surface area contributed by atoms with Gasteiger partial charge in [-0.15, -0.1) is 0 Å². The average molecular weight is 226 g/mol. The smallest absolute Gasteiger partial charge is 0.336 e. The first-order valence-corrected chi connectivity index (χ1v) is 5.50. The van der Waals surface area contributed by atoms with Crippen molar-refractivity contribution in [1.29, 1.82) is 0 Å². The third-order valence-electron chi connectivity index (χ3n) is 2.92. The van der Waals surface area contributed by atoms with Gasteiger partial charge in [-0.05, 0) is 42.2 Å². The average Bonchev–Trinajstić information content (AvgIpc) is 2.30. The molecule has 1 N–H and O–H groups in total. The normalized spacial score (nSPS) is 10.2. The Bertz CT molecular complexity index is 571. The summed E-state index contributed by atoms with van der Waals surface area (Å²) in [5.74, 6) is -0.882. The zero-order valence-electron chi connectivity index (χ0n) is 9.90. The Morgan fingerprint density at radius 2 is 1.59 bits per heavy atom. The molecule has 0 aromatic heterocycles. The van der Waals surface area contributed by atoms with Crippen LogP contribution in [0.25, 0.3) is 11.1 Å². The molecule has 2 aromatic rings. The van der Waals surface area contributed by atoms with Crippen LogP contribution in [0.2, 0.25) is 0 Å². The summed E-state index contributed by atoms with van der Waals surface area (Å²) in [5, 5.41) is 9.24. The summed E-state index contributed by atoms with van der Waals surface area (Å²) in [5.41, 5.74) is 4.24. The molecule has 0 aliphatic carbocycles. The highest BCUT2D eigenvalue weighted by molar-refractivity contribution is 5.97. The van der Waals surface area contributed by atoms with E-state index < -0.39 is 5.97 Å². The van der Waals surface area contributed by atoms with Crippen molar-refractivity contribution >= 4 is 5.97 Å². The first-order chi connectivity index (χ1) is 8.11. The summed E-state index contributed by atoms with van der Waals surface area (Å²) >= 11 is 0. The molecule has 0 unspecified atom stereocenters. The van der Waals surface area contributed by atoms with Gasteiger partial charge in [0.15, 0.2) is 0 Å². The lowest BCUT2D eigenvalue weighted by Crippen LogP contribution is -2.01. The number of carboxylic acid groups (broad SMARTS) is 1. The Hall–Kier alpha value is -2.09. The molecular formula is C15H14O2. The highest BCUT2D eigenvalue weighted by atomic mass is 16.4. The van der Waals surface area contributed by atoms with Crippen LogP contribution in [0.4, 0.5) is 0 Å². The van der Waals surface area contributed by atoms with Crippen LogP contribution in [-0.4, -0.2) is 11.1 Å². The summed E-state index contributed by atoms with van der Waals surface area (Å²) in [6.45, 7) is 3.93. The van der Waals surface area contributed by atoms with E-state index in [2.05, 4.69) is 0 Å². The number of hydrogen-bond acceptors (Lipinski definition) is 1. The van der Waals surface area contributed by atoms with Gasteiger partial charge in [-0.3, -0.25) is 0 Å². The molecule has 2 aromatic carbocycles. The van der Waals surface area contributed by atoms with E-state index in [1.165, 1.54) is 0 Å². The van der Waals surface area contributed by atoms with Crippen LogP contribution in [0.15, 0.2) is 42.5 Å². The summed E-state index contributed by atoms with van der Waals surface area (Å²) in [6.07, 6.45) is 0. The Morgan fingerprint density at radius 3 is 2.24 bits per heavy atom. The minimum absolute atomic E-state index is 0.360. The second-order valence-electron chi connectivity index (χ2n) is 4.12. The lowest BCUT2D eigenvalue weighted by molar-refractivity contribution is 0.0697. The molecule has 0 bridgehead atoms. The van der Waals surface area contributed by atoms with Crippen LogP contribution in [0, 0.1) is 13.8 Å². The monoisotopic (exact) mass is 226 g/mol.